The quantitative estimate of drug-likeness (QED) is 0.364. The number of carbonyl (C=O) groups excluding carboxylic acids is 1. The largest absolute Gasteiger partial charge is 0.481 e. The van der Waals surface area contributed by atoms with Crippen LogP contribution in [0.15, 0.2) is 54.6 Å². The van der Waals surface area contributed by atoms with E-state index < -0.39 is 23.9 Å². The van der Waals surface area contributed by atoms with Gasteiger partial charge >= 0.3 is 17.9 Å². The molecule has 156 valence electrons. The highest BCUT2D eigenvalue weighted by Crippen LogP contribution is 2.14. The molecule has 6 N–H and O–H groups in total. The third kappa shape index (κ3) is 10.6. The minimum Gasteiger partial charge on any atom is -0.481 e. The van der Waals surface area contributed by atoms with E-state index in [0.717, 1.165) is 13.0 Å². The van der Waals surface area contributed by atoms with Gasteiger partial charge in [0.15, 0.2) is 0 Å². The summed E-state index contributed by atoms with van der Waals surface area (Å²) in [7, 11) is 0. The summed E-state index contributed by atoms with van der Waals surface area (Å²) in [6.07, 6.45) is 0.645. The maximum Gasteiger partial charge on any atom is 0.328 e. The first-order valence-electron chi connectivity index (χ1n) is 9.05. The van der Waals surface area contributed by atoms with Crippen molar-refractivity contribution in [1.82, 2.24) is 0 Å². The summed E-state index contributed by atoms with van der Waals surface area (Å²) in [5.41, 5.74) is 12.7. The Hall–Kier alpha value is -3.23. The Morgan fingerprint density at radius 1 is 0.897 bits per heavy atom. The normalized spacial score (nSPS) is 11.0. The van der Waals surface area contributed by atoms with Crippen molar-refractivity contribution in [1.29, 1.82) is 0 Å². The summed E-state index contributed by atoms with van der Waals surface area (Å²) in [4.78, 5) is 32.4. The molecule has 0 heterocycles. The number of ether oxygens (including phenoxy) is 1. The molecule has 8 nitrogen and oxygen atoms in total. The van der Waals surface area contributed by atoms with E-state index in [1.54, 1.807) is 0 Å². The summed E-state index contributed by atoms with van der Waals surface area (Å²) < 4.78 is 4.96. The first-order chi connectivity index (χ1) is 13.8. The van der Waals surface area contributed by atoms with Crippen molar-refractivity contribution in [3.8, 4) is 5.75 Å². The van der Waals surface area contributed by atoms with Gasteiger partial charge in [-0.2, -0.15) is 0 Å². The molecule has 0 aliphatic rings. The summed E-state index contributed by atoms with van der Waals surface area (Å²) in [5.74, 6) is -2.48. The number of benzene rings is 2. The van der Waals surface area contributed by atoms with Crippen LogP contribution in [0.1, 0.15) is 24.0 Å². The van der Waals surface area contributed by atoms with Crippen LogP contribution in [0.2, 0.25) is 0 Å². The fourth-order valence-electron chi connectivity index (χ4n) is 2.25. The zero-order valence-electron chi connectivity index (χ0n) is 16.0. The Labute approximate surface area is 169 Å². The van der Waals surface area contributed by atoms with Crippen LogP contribution in [0.3, 0.4) is 0 Å². The lowest BCUT2D eigenvalue weighted by molar-refractivity contribution is -0.139. The molecular formula is C21H26N2O6. The van der Waals surface area contributed by atoms with Crippen LogP contribution in [0.5, 0.6) is 5.75 Å². The maximum absolute atomic E-state index is 11.6. The van der Waals surface area contributed by atoms with Crippen LogP contribution in [-0.4, -0.2) is 40.7 Å². The van der Waals surface area contributed by atoms with E-state index in [4.69, 9.17) is 26.4 Å². The molecule has 0 amide bonds. The van der Waals surface area contributed by atoms with Gasteiger partial charge in [-0.15, -0.1) is 0 Å². The van der Waals surface area contributed by atoms with Crippen molar-refractivity contribution in [2.24, 2.45) is 11.5 Å². The average Bonchev–Trinajstić information content (AvgIpc) is 2.68. The monoisotopic (exact) mass is 402 g/mol. The van der Waals surface area contributed by atoms with Gasteiger partial charge in [-0.3, -0.25) is 9.59 Å². The molecule has 2 rings (SSSR count). The number of rotatable bonds is 9. The SMILES string of the molecule is NCCc1ccccc1.N[C@@H](CCC(=O)O)C(=O)Oc1ccc(CC(=O)O)cc1. The standard InChI is InChI=1S/C13H15NO6.C8H11N/c14-10(5-6-11(15)16)13(19)20-9-3-1-8(2-4-9)7-12(17)18;9-7-6-8-4-2-1-3-5-8/h1-4,10H,5-7,14H2,(H,15,16)(H,17,18);1-5H,6-7,9H2/t10-;/m0./s1. The zero-order valence-corrected chi connectivity index (χ0v) is 16.0. The van der Waals surface area contributed by atoms with Crippen molar-refractivity contribution in [3.05, 3.63) is 65.7 Å². The molecule has 0 aliphatic carbocycles. The molecule has 2 aromatic rings. The van der Waals surface area contributed by atoms with Gasteiger partial charge < -0.3 is 26.4 Å². The second-order valence-electron chi connectivity index (χ2n) is 6.20. The minimum atomic E-state index is -1.04. The van der Waals surface area contributed by atoms with Gasteiger partial charge in [-0.05, 0) is 42.6 Å². The van der Waals surface area contributed by atoms with E-state index in [-0.39, 0.29) is 25.0 Å². The third-order valence-electron chi connectivity index (χ3n) is 3.74. The molecule has 2 aromatic carbocycles. The van der Waals surface area contributed by atoms with Crippen molar-refractivity contribution < 1.29 is 29.3 Å². The fourth-order valence-corrected chi connectivity index (χ4v) is 2.25. The van der Waals surface area contributed by atoms with Crippen LogP contribution in [-0.2, 0) is 27.2 Å². The van der Waals surface area contributed by atoms with E-state index in [0.29, 0.717) is 5.56 Å². The lowest BCUT2D eigenvalue weighted by Crippen LogP contribution is -2.34. The summed E-state index contributed by atoms with van der Waals surface area (Å²) in [6.45, 7) is 0.740. The summed E-state index contributed by atoms with van der Waals surface area (Å²) in [6, 6.07) is 15.2. The number of carbonyl (C=O) groups is 3. The predicted octanol–water partition coefficient (Wildman–Crippen LogP) is 1.60. The topological polar surface area (TPSA) is 153 Å². The minimum absolute atomic E-state index is 0.00867. The molecule has 0 spiro atoms. The van der Waals surface area contributed by atoms with E-state index in [2.05, 4.69) is 12.1 Å². The zero-order chi connectivity index (χ0) is 21.6. The van der Waals surface area contributed by atoms with Gasteiger partial charge in [0, 0.05) is 6.42 Å². The molecule has 0 unspecified atom stereocenters. The van der Waals surface area contributed by atoms with Gasteiger partial charge in [0.25, 0.3) is 0 Å². The first kappa shape index (κ1) is 23.8. The molecule has 0 radical (unpaired) electrons. The van der Waals surface area contributed by atoms with Crippen molar-refractivity contribution in [2.45, 2.75) is 31.7 Å². The Morgan fingerprint density at radius 3 is 2.03 bits per heavy atom. The number of hydrogen-bond acceptors (Lipinski definition) is 6. The molecule has 8 heteroatoms. The van der Waals surface area contributed by atoms with E-state index in [1.807, 2.05) is 18.2 Å². The van der Waals surface area contributed by atoms with Gasteiger partial charge in [-0.25, -0.2) is 4.79 Å². The number of carboxylic acid groups (broad SMARTS) is 2. The maximum atomic E-state index is 11.6. The van der Waals surface area contributed by atoms with Crippen LogP contribution < -0.4 is 16.2 Å². The van der Waals surface area contributed by atoms with E-state index >= 15 is 0 Å². The van der Waals surface area contributed by atoms with Gasteiger partial charge in [0.2, 0.25) is 0 Å². The van der Waals surface area contributed by atoms with Crippen LogP contribution in [0, 0.1) is 0 Å². The number of esters is 1. The van der Waals surface area contributed by atoms with Gasteiger partial charge in [-0.1, -0.05) is 42.5 Å². The molecule has 0 aromatic heterocycles. The predicted molar refractivity (Wildman–Crippen MR) is 107 cm³/mol. The lowest BCUT2D eigenvalue weighted by Gasteiger charge is -2.10. The van der Waals surface area contributed by atoms with Crippen LogP contribution in [0.25, 0.3) is 0 Å². The van der Waals surface area contributed by atoms with Crippen LogP contribution in [0.4, 0.5) is 0 Å². The molecule has 0 saturated carbocycles. The van der Waals surface area contributed by atoms with Crippen LogP contribution >= 0.6 is 0 Å². The third-order valence-corrected chi connectivity index (χ3v) is 3.74. The van der Waals surface area contributed by atoms with E-state index in [1.165, 1.54) is 29.8 Å². The highest BCUT2D eigenvalue weighted by atomic mass is 16.5. The van der Waals surface area contributed by atoms with Crippen molar-refractivity contribution in [3.63, 3.8) is 0 Å². The second-order valence-corrected chi connectivity index (χ2v) is 6.20. The molecule has 29 heavy (non-hydrogen) atoms. The molecule has 1 atom stereocenters. The summed E-state index contributed by atoms with van der Waals surface area (Å²) >= 11 is 0. The molecular weight excluding hydrogens is 376 g/mol. The number of hydrogen-bond donors (Lipinski definition) is 4. The molecule has 0 aliphatic heterocycles. The Bertz CT molecular complexity index is 778. The fraction of sp³-hybridized carbons (Fsp3) is 0.286. The van der Waals surface area contributed by atoms with Crippen molar-refractivity contribution >= 4 is 17.9 Å². The molecule has 0 bridgehead atoms. The van der Waals surface area contributed by atoms with Crippen molar-refractivity contribution in [2.75, 3.05) is 6.54 Å². The number of carboxylic acids is 2. The Kier molecular flexibility index (Phi) is 10.7. The highest BCUT2D eigenvalue weighted by Gasteiger charge is 2.17. The van der Waals surface area contributed by atoms with Gasteiger partial charge in [0.05, 0.1) is 6.42 Å². The molecule has 0 saturated heterocycles. The Morgan fingerprint density at radius 2 is 1.52 bits per heavy atom. The average molecular weight is 402 g/mol. The second kappa shape index (κ2) is 13.0. The first-order valence-corrected chi connectivity index (χ1v) is 9.05. The number of nitrogens with two attached hydrogens (primary N) is 2. The number of aliphatic carboxylic acids is 2. The molecule has 0 fully saturated rings. The smallest absolute Gasteiger partial charge is 0.328 e. The summed E-state index contributed by atoms with van der Waals surface area (Å²) in [5, 5.41) is 17.1. The van der Waals surface area contributed by atoms with Gasteiger partial charge in [0.1, 0.15) is 11.8 Å². The van der Waals surface area contributed by atoms with E-state index in [9.17, 15) is 14.4 Å². The highest BCUT2D eigenvalue weighted by molar-refractivity contribution is 5.79. The Balaban J connectivity index is 0.000000387. The lowest BCUT2D eigenvalue weighted by atomic mass is 10.1.